The summed E-state index contributed by atoms with van der Waals surface area (Å²) in [5.41, 5.74) is 4.33. The highest BCUT2D eigenvalue weighted by atomic mass is 32.1. The van der Waals surface area contributed by atoms with Gasteiger partial charge in [-0.3, -0.25) is 9.59 Å². The molecule has 0 unspecified atom stereocenters. The molecule has 1 rings (SSSR count). The molecule has 0 spiro atoms. The molecule has 25 heavy (non-hydrogen) atoms. The Morgan fingerprint density at radius 2 is 2.08 bits per heavy atom. The summed E-state index contributed by atoms with van der Waals surface area (Å²) in [6.07, 6.45) is 0. The van der Waals surface area contributed by atoms with Crippen molar-refractivity contribution < 1.29 is 29.1 Å². The number of carboxylic acid groups (broad SMARTS) is 1. The molecule has 0 bridgehead atoms. The van der Waals surface area contributed by atoms with Crippen LogP contribution >= 0.6 is 11.3 Å². The maximum atomic E-state index is 12.2. The van der Waals surface area contributed by atoms with Crippen LogP contribution in [0, 0.1) is 5.92 Å². The number of carbonyl (C=O) groups is 3. The third kappa shape index (κ3) is 6.12. The molecule has 4 N–H and O–H groups in total. The number of hydrogen-bond donors (Lipinski definition) is 3. The zero-order chi connectivity index (χ0) is 19.2. The topological polar surface area (TPSA) is 153 Å². The van der Waals surface area contributed by atoms with E-state index in [0.717, 1.165) is 11.3 Å². The number of hydrogen-bond acceptors (Lipinski definition) is 9. The second-order valence-corrected chi connectivity index (χ2v) is 6.63. The second-order valence-electron chi connectivity index (χ2n) is 5.78. The number of esters is 1. The number of ether oxygens (including phenoxy) is 1. The third-order valence-corrected chi connectivity index (χ3v) is 3.36. The summed E-state index contributed by atoms with van der Waals surface area (Å²) in [5, 5.41) is 16.3. The van der Waals surface area contributed by atoms with E-state index < -0.39 is 35.1 Å². The molecule has 11 heteroatoms. The Morgan fingerprint density at radius 1 is 1.44 bits per heavy atom. The summed E-state index contributed by atoms with van der Waals surface area (Å²) in [6.45, 7) is 4.77. The molecule has 0 aliphatic heterocycles. The molecule has 1 aromatic heterocycles. The molecule has 0 aromatic carbocycles. The average molecular weight is 372 g/mol. The van der Waals surface area contributed by atoms with E-state index in [1.54, 1.807) is 20.8 Å². The highest BCUT2D eigenvalue weighted by Crippen LogP contribution is 2.18. The zero-order valence-electron chi connectivity index (χ0n) is 14.2. The summed E-state index contributed by atoms with van der Waals surface area (Å²) in [7, 11) is 1.20. The number of rotatable bonds is 7. The van der Waals surface area contributed by atoms with Gasteiger partial charge in [0.15, 0.2) is 5.13 Å². The number of nitrogens with zero attached hydrogens (tertiary/aromatic N) is 2. The lowest BCUT2D eigenvalue weighted by Crippen LogP contribution is -2.39. The second kappa shape index (κ2) is 8.53. The van der Waals surface area contributed by atoms with E-state index in [4.69, 9.17) is 15.6 Å². The van der Waals surface area contributed by atoms with E-state index in [-0.39, 0.29) is 17.4 Å². The molecule has 0 radical (unpaired) electrons. The minimum atomic E-state index is -1.33. The van der Waals surface area contributed by atoms with Crippen LogP contribution in [-0.4, -0.2) is 52.9 Å². The predicted octanol–water partition coefficient (Wildman–Crippen LogP) is 0.433. The number of thiazole rings is 1. The Labute approximate surface area is 148 Å². The van der Waals surface area contributed by atoms with Crippen LogP contribution in [-0.2, 0) is 24.0 Å². The van der Waals surface area contributed by atoms with E-state index in [2.05, 4.69) is 20.3 Å². The van der Waals surface area contributed by atoms with Crippen molar-refractivity contribution in [1.82, 2.24) is 4.98 Å². The van der Waals surface area contributed by atoms with Crippen LogP contribution in [0.3, 0.4) is 0 Å². The third-order valence-electron chi connectivity index (χ3n) is 2.61. The van der Waals surface area contributed by atoms with Gasteiger partial charge < -0.3 is 25.7 Å². The first-order valence-corrected chi connectivity index (χ1v) is 8.01. The van der Waals surface area contributed by atoms with Gasteiger partial charge in [-0.2, -0.15) is 0 Å². The molecule has 1 aromatic rings. The Kier molecular flexibility index (Phi) is 7.00. The lowest BCUT2D eigenvalue weighted by molar-refractivity contribution is -0.161. The van der Waals surface area contributed by atoms with Gasteiger partial charge in [-0.25, -0.2) is 9.78 Å². The first-order valence-electron chi connectivity index (χ1n) is 7.13. The van der Waals surface area contributed by atoms with Crippen molar-refractivity contribution in [3.05, 3.63) is 11.1 Å². The van der Waals surface area contributed by atoms with Crippen molar-refractivity contribution >= 4 is 40.0 Å². The molecule has 138 valence electrons. The summed E-state index contributed by atoms with van der Waals surface area (Å²) >= 11 is 0.967. The Hall–Kier alpha value is -2.53. The van der Waals surface area contributed by atoms with Crippen LogP contribution in [0.2, 0.25) is 0 Å². The Bertz CT molecular complexity index is 679. The van der Waals surface area contributed by atoms with Crippen molar-refractivity contribution in [2.75, 3.05) is 19.0 Å². The summed E-state index contributed by atoms with van der Waals surface area (Å²) in [5.74, 6) is -3.99. The van der Waals surface area contributed by atoms with Gasteiger partial charge in [0.2, 0.25) is 11.6 Å². The van der Waals surface area contributed by atoms with Crippen LogP contribution in [0.4, 0.5) is 5.13 Å². The largest absolute Gasteiger partial charge is 0.476 e. The van der Waals surface area contributed by atoms with Gasteiger partial charge in [-0.15, -0.1) is 11.3 Å². The van der Waals surface area contributed by atoms with Gasteiger partial charge in [-0.05, 0) is 20.8 Å². The molecule has 0 saturated heterocycles. The van der Waals surface area contributed by atoms with Crippen molar-refractivity contribution in [3.63, 3.8) is 0 Å². The molecule has 10 nitrogen and oxygen atoms in total. The highest BCUT2D eigenvalue weighted by molar-refractivity contribution is 7.14. The minimum absolute atomic E-state index is 0.0104. The Morgan fingerprint density at radius 3 is 2.56 bits per heavy atom. The number of amides is 1. The fourth-order valence-corrected chi connectivity index (χ4v) is 2.30. The number of carbonyl (C=O) groups excluding carboxylic acids is 2. The molecule has 0 fully saturated rings. The van der Waals surface area contributed by atoms with Crippen LogP contribution in [0.1, 0.15) is 26.5 Å². The number of oxime groups is 1. The normalized spacial score (nSPS) is 13.1. The SMILES string of the molecule is CO/N=C(\C(=O)O)c1csc(NC(=O)[C@H](CN)C(=O)OC(C)(C)C)n1. The molecule has 0 aliphatic rings. The lowest BCUT2D eigenvalue weighted by atomic mass is 10.1. The van der Waals surface area contributed by atoms with Crippen LogP contribution in [0.5, 0.6) is 0 Å². The highest BCUT2D eigenvalue weighted by Gasteiger charge is 2.31. The zero-order valence-corrected chi connectivity index (χ0v) is 15.0. The van der Waals surface area contributed by atoms with E-state index in [0.29, 0.717) is 0 Å². The minimum Gasteiger partial charge on any atom is -0.476 e. The quantitative estimate of drug-likeness (QED) is 0.269. The molecule has 1 heterocycles. The smallest absolute Gasteiger partial charge is 0.360 e. The van der Waals surface area contributed by atoms with Crippen molar-refractivity contribution in [2.24, 2.45) is 16.8 Å². The Balaban J connectivity index is 2.88. The van der Waals surface area contributed by atoms with Crippen molar-refractivity contribution in [1.29, 1.82) is 0 Å². The maximum absolute atomic E-state index is 12.2. The van der Waals surface area contributed by atoms with Gasteiger partial charge in [0.25, 0.3) is 0 Å². The first-order chi connectivity index (χ1) is 11.6. The van der Waals surface area contributed by atoms with E-state index in [9.17, 15) is 14.4 Å². The molecular weight excluding hydrogens is 352 g/mol. The molecule has 1 amide bonds. The van der Waals surface area contributed by atoms with Gasteiger partial charge in [0, 0.05) is 11.9 Å². The fraction of sp³-hybridized carbons (Fsp3) is 0.500. The van der Waals surface area contributed by atoms with Crippen LogP contribution in [0.25, 0.3) is 0 Å². The summed E-state index contributed by atoms with van der Waals surface area (Å²) in [6, 6.07) is 0. The van der Waals surface area contributed by atoms with E-state index in [1.165, 1.54) is 12.5 Å². The molecule has 0 saturated carbocycles. The number of nitrogens with one attached hydrogen (secondary N) is 1. The van der Waals surface area contributed by atoms with Gasteiger partial charge in [0.05, 0.1) is 0 Å². The van der Waals surface area contributed by atoms with Gasteiger partial charge >= 0.3 is 11.9 Å². The fourth-order valence-electron chi connectivity index (χ4n) is 1.60. The van der Waals surface area contributed by atoms with Crippen LogP contribution in [0.15, 0.2) is 10.5 Å². The molecule has 1 atom stereocenters. The lowest BCUT2D eigenvalue weighted by Gasteiger charge is -2.22. The van der Waals surface area contributed by atoms with Crippen molar-refractivity contribution in [2.45, 2.75) is 26.4 Å². The van der Waals surface area contributed by atoms with E-state index >= 15 is 0 Å². The van der Waals surface area contributed by atoms with Crippen LogP contribution < -0.4 is 11.1 Å². The number of aliphatic carboxylic acids is 1. The van der Waals surface area contributed by atoms with Crippen molar-refractivity contribution in [3.8, 4) is 0 Å². The maximum Gasteiger partial charge on any atom is 0.360 e. The van der Waals surface area contributed by atoms with Gasteiger partial charge in [0.1, 0.15) is 24.3 Å². The summed E-state index contributed by atoms with van der Waals surface area (Å²) in [4.78, 5) is 43.7. The monoisotopic (exact) mass is 372 g/mol. The standard InChI is InChI=1S/C14H20N4O6S/c1-14(2,3)24-12(22)7(5-15)10(19)17-13-16-8(6-25-13)9(11(20)21)18-23-4/h6-7H,5,15H2,1-4H3,(H,20,21)(H,16,17,19)/b18-9-/t7-/m0/s1. The predicted molar refractivity (Wildman–Crippen MR) is 90.3 cm³/mol. The number of nitrogens with two attached hydrogens (primary N) is 1. The molecule has 0 aliphatic carbocycles. The molecular formula is C14H20N4O6S. The first kappa shape index (κ1) is 20.5. The van der Waals surface area contributed by atoms with Gasteiger partial charge in [-0.1, -0.05) is 5.16 Å². The number of anilines is 1. The van der Waals surface area contributed by atoms with E-state index in [1.807, 2.05) is 0 Å². The average Bonchev–Trinajstić information content (AvgIpc) is 2.91. The number of carboxylic acids is 1. The number of aromatic nitrogens is 1. The summed E-state index contributed by atoms with van der Waals surface area (Å²) < 4.78 is 5.15.